The Bertz CT molecular complexity index is 362. The van der Waals surface area contributed by atoms with Crippen LogP contribution in [0.15, 0.2) is 22.7 Å². The minimum absolute atomic E-state index is 0.0936. The van der Waals surface area contributed by atoms with Crippen LogP contribution in [0.2, 0.25) is 0 Å². The van der Waals surface area contributed by atoms with E-state index < -0.39 is 0 Å². The van der Waals surface area contributed by atoms with Crippen LogP contribution in [0.3, 0.4) is 0 Å². The molecule has 1 rings (SSSR count). The van der Waals surface area contributed by atoms with Crippen LogP contribution in [0, 0.1) is 11.2 Å². The van der Waals surface area contributed by atoms with Gasteiger partial charge in [0.2, 0.25) is 0 Å². The van der Waals surface area contributed by atoms with E-state index in [1.807, 2.05) is 6.07 Å². The third kappa shape index (κ3) is 4.32. The van der Waals surface area contributed by atoms with Gasteiger partial charge in [-0.25, -0.2) is 4.39 Å². The Labute approximate surface area is 128 Å². The fourth-order valence-corrected chi connectivity index (χ4v) is 4.26. The van der Waals surface area contributed by atoms with Gasteiger partial charge >= 0.3 is 0 Å². The first-order valence-electron chi connectivity index (χ1n) is 5.63. The molecule has 0 amide bonds. The molecule has 0 unspecified atom stereocenters. The molecule has 0 saturated carbocycles. The van der Waals surface area contributed by atoms with Gasteiger partial charge in [0.15, 0.2) is 0 Å². The summed E-state index contributed by atoms with van der Waals surface area (Å²) >= 11 is 10.5. The molecule has 1 aromatic rings. The summed E-state index contributed by atoms with van der Waals surface area (Å²) in [6.07, 6.45) is 2.94. The van der Waals surface area contributed by atoms with Crippen LogP contribution >= 0.6 is 47.8 Å². The zero-order chi connectivity index (χ0) is 12.9. The van der Waals surface area contributed by atoms with E-state index in [1.54, 1.807) is 6.07 Å². The van der Waals surface area contributed by atoms with E-state index in [1.165, 1.54) is 6.07 Å². The van der Waals surface area contributed by atoms with Crippen LogP contribution in [0.5, 0.6) is 0 Å². The minimum Gasteiger partial charge on any atom is -0.207 e. The van der Waals surface area contributed by atoms with Crippen molar-refractivity contribution in [3.8, 4) is 0 Å². The summed E-state index contributed by atoms with van der Waals surface area (Å²) in [5.74, 6) is -0.115. The third-order valence-corrected chi connectivity index (χ3v) is 5.79. The molecule has 0 atom stereocenters. The molecule has 0 heterocycles. The van der Waals surface area contributed by atoms with Gasteiger partial charge in [-0.05, 0) is 42.0 Å². The van der Waals surface area contributed by atoms with E-state index in [4.69, 9.17) is 0 Å². The lowest BCUT2D eigenvalue weighted by Gasteiger charge is -2.30. The first-order chi connectivity index (χ1) is 8.06. The summed E-state index contributed by atoms with van der Waals surface area (Å²) in [7, 11) is 0. The summed E-state index contributed by atoms with van der Waals surface area (Å²) in [4.78, 5) is 0. The van der Waals surface area contributed by atoms with Crippen molar-refractivity contribution in [2.45, 2.75) is 26.2 Å². The number of hydrogen-bond donors (Lipinski definition) is 0. The lowest BCUT2D eigenvalue weighted by molar-refractivity contribution is 0.346. The molecule has 0 N–H and O–H groups in total. The van der Waals surface area contributed by atoms with Crippen LogP contribution in [-0.4, -0.2) is 10.7 Å². The van der Waals surface area contributed by atoms with E-state index in [9.17, 15) is 4.39 Å². The van der Waals surface area contributed by atoms with Crippen LogP contribution in [0.25, 0.3) is 0 Å². The molecular formula is C13H16Br3F. The molecule has 0 aliphatic heterocycles. The monoisotopic (exact) mass is 428 g/mol. The Morgan fingerprint density at radius 2 is 1.88 bits per heavy atom. The number of rotatable bonds is 6. The molecule has 0 nitrogen and oxygen atoms in total. The largest absolute Gasteiger partial charge is 0.207 e. The van der Waals surface area contributed by atoms with Crippen LogP contribution in [0.4, 0.5) is 4.39 Å². The average Bonchev–Trinajstić information content (AvgIpc) is 2.33. The average molecular weight is 431 g/mol. The van der Waals surface area contributed by atoms with Gasteiger partial charge in [0, 0.05) is 15.1 Å². The van der Waals surface area contributed by atoms with Gasteiger partial charge in [0.1, 0.15) is 5.82 Å². The van der Waals surface area contributed by atoms with E-state index in [-0.39, 0.29) is 11.2 Å². The number of benzene rings is 1. The summed E-state index contributed by atoms with van der Waals surface area (Å²) in [6, 6.07) is 5.15. The SMILES string of the molecule is CCCC(CBr)(CBr)Cc1cc(Br)ccc1F. The zero-order valence-electron chi connectivity index (χ0n) is 9.78. The van der Waals surface area contributed by atoms with Crippen molar-refractivity contribution >= 4 is 47.8 Å². The molecule has 0 aliphatic carbocycles. The highest BCUT2D eigenvalue weighted by atomic mass is 79.9. The highest BCUT2D eigenvalue weighted by Crippen LogP contribution is 2.34. The number of halogens is 4. The molecule has 0 fully saturated rings. The maximum atomic E-state index is 13.8. The molecule has 0 bridgehead atoms. The Morgan fingerprint density at radius 1 is 1.24 bits per heavy atom. The van der Waals surface area contributed by atoms with Crippen molar-refractivity contribution in [3.05, 3.63) is 34.1 Å². The van der Waals surface area contributed by atoms with E-state index >= 15 is 0 Å². The Hall–Kier alpha value is 0.590. The maximum Gasteiger partial charge on any atom is 0.126 e. The van der Waals surface area contributed by atoms with Crippen LogP contribution < -0.4 is 0 Å². The maximum absolute atomic E-state index is 13.8. The highest BCUT2D eigenvalue weighted by molar-refractivity contribution is 9.10. The summed E-state index contributed by atoms with van der Waals surface area (Å²) in [5, 5.41) is 1.76. The molecule has 0 spiro atoms. The molecule has 4 heteroatoms. The van der Waals surface area contributed by atoms with Crippen LogP contribution in [-0.2, 0) is 6.42 Å². The normalized spacial score (nSPS) is 11.8. The molecule has 0 aromatic heterocycles. The Morgan fingerprint density at radius 3 is 2.41 bits per heavy atom. The first kappa shape index (κ1) is 15.6. The zero-order valence-corrected chi connectivity index (χ0v) is 14.5. The smallest absolute Gasteiger partial charge is 0.126 e. The van der Waals surface area contributed by atoms with E-state index in [0.717, 1.165) is 40.0 Å². The van der Waals surface area contributed by atoms with Crippen molar-refractivity contribution in [3.63, 3.8) is 0 Å². The van der Waals surface area contributed by atoms with Crippen molar-refractivity contribution in [2.75, 3.05) is 10.7 Å². The second kappa shape index (κ2) is 7.25. The van der Waals surface area contributed by atoms with Gasteiger partial charge in [-0.1, -0.05) is 61.1 Å². The topological polar surface area (TPSA) is 0 Å². The molecule has 0 radical (unpaired) electrons. The van der Waals surface area contributed by atoms with E-state index in [0.29, 0.717) is 0 Å². The molecule has 17 heavy (non-hydrogen) atoms. The first-order valence-corrected chi connectivity index (χ1v) is 8.66. The Kier molecular flexibility index (Phi) is 6.67. The summed E-state index contributed by atoms with van der Waals surface area (Å²) in [6.45, 7) is 2.16. The summed E-state index contributed by atoms with van der Waals surface area (Å²) < 4.78 is 14.7. The lowest BCUT2D eigenvalue weighted by atomic mass is 9.81. The van der Waals surface area contributed by atoms with Crippen LogP contribution in [0.1, 0.15) is 25.3 Å². The van der Waals surface area contributed by atoms with Crippen molar-refractivity contribution in [2.24, 2.45) is 5.41 Å². The quantitative estimate of drug-likeness (QED) is 0.507. The molecule has 1 aromatic carbocycles. The van der Waals surface area contributed by atoms with Gasteiger partial charge < -0.3 is 0 Å². The number of alkyl halides is 2. The third-order valence-electron chi connectivity index (χ3n) is 2.92. The predicted molar refractivity (Wildman–Crippen MR) is 82.7 cm³/mol. The van der Waals surface area contributed by atoms with Gasteiger partial charge in [-0.3, -0.25) is 0 Å². The van der Waals surface area contributed by atoms with Crippen molar-refractivity contribution < 1.29 is 4.39 Å². The fourth-order valence-electron chi connectivity index (χ4n) is 1.97. The van der Waals surface area contributed by atoms with Crippen molar-refractivity contribution in [1.29, 1.82) is 0 Å². The van der Waals surface area contributed by atoms with Gasteiger partial charge in [0.25, 0.3) is 0 Å². The number of hydrogen-bond acceptors (Lipinski definition) is 0. The second-order valence-corrected chi connectivity index (χ2v) is 6.47. The van der Waals surface area contributed by atoms with Gasteiger partial charge in [-0.15, -0.1) is 0 Å². The lowest BCUT2D eigenvalue weighted by Crippen LogP contribution is -2.28. The molecular weight excluding hydrogens is 415 g/mol. The highest BCUT2D eigenvalue weighted by Gasteiger charge is 2.28. The predicted octanol–water partition coefficient (Wildman–Crippen LogP) is 5.71. The minimum atomic E-state index is -0.115. The standard InChI is InChI=1S/C13H16Br3F/c1-2-5-13(8-14,9-15)7-10-6-11(16)3-4-12(10)17/h3-4,6H,2,5,7-9H2,1H3. The van der Waals surface area contributed by atoms with Gasteiger partial charge in [0.05, 0.1) is 0 Å². The van der Waals surface area contributed by atoms with E-state index in [2.05, 4.69) is 54.7 Å². The second-order valence-electron chi connectivity index (χ2n) is 4.43. The molecule has 96 valence electrons. The Balaban J connectivity index is 2.96. The molecule has 0 saturated heterocycles. The summed E-state index contributed by atoms with van der Waals surface area (Å²) in [5.41, 5.74) is 0.878. The van der Waals surface area contributed by atoms with Crippen molar-refractivity contribution in [1.82, 2.24) is 0 Å². The molecule has 0 aliphatic rings. The fraction of sp³-hybridized carbons (Fsp3) is 0.538. The van der Waals surface area contributed by atoms with Gasteiger partial charge in [-0.2, -0.15) is 0 Å².